The van der Waals surface area contributed by atoms with Crippen LogP contribution < -0.4 is 0 Å². The van der Waals surface area contributed by atoms with E-state index < -0.39 is 18.1 Å². The summed E-state index contributed by atoms with van der Waals surface area (Å²) in [6, 6.07) is 0. The van der Waals surface area contributed by atoms with Gasteiger partial charge in [0.1, 0.15) is 6.61 Å². The number of carbonyl (C=O) groups excluding carboxylic acids is 2. The molecule has 6 heteroatoms. The maximum absolute atomic E-state index is 12.6. The Bertz CT molecular complexity index is 813. The van der Waals surface area contributed by atoms with Crippen molar-refractivity contribution in [2.75, 3.05) is 13.4 Å². The van der Waals surface area contributed by atoms with Crippen LogP contribution in [0.3, 0.4) is 0 Å². The summed E-state index contributed by atoms with van der Waals surface area (Å²) in [5, 5.41) is 20.9. The lowest BCUT2D eigenvalue weighted by Crippen LogP contribution is -2.56. The van der Waals surface area contributed by atoms with E-state index in [-0.39, 0.29) is 47.6 Å². The quantitative estimate of drug-likeness (QED) is 0.626. The van der Waals surface area contributed by atoms with Gasteiger partial charge in [-0.25, -0.2) is 0 Å². The first-order chi connectivity index (χ1) is 14.6. The summed E-state index contributed by atoms with van der Waals surface area (Å²) in [6.45, 7) is 7.68. The molecule has 3 saturated carbocycles. The number of fused-ring (bicyclic) bond motifs is 5. The predicted molar refractivity (Wildman–Crippen MR) is 115 cm³/mol. The molecule has 0 amide bonds. The minimum atomic E-state index is -0.579. The molecule has 3 fully saturated rings. The molecule has 0 aromatic heterocycles. The average Bonchev–Trinajstić information content (AvgIpc) is 3.04. The highest BCUT2D eigenvalue weighted by Crippen LogP contribution is 2.66. The second kappa shape index (κ2) is 8.13. The highest BCUT2D eigenvalue weighted by atomic mass is 16.7. The molecule has 172 valence electrons. The molecule has 0 saturated heterocycles. The average molecular weight is 433 g/mol. The van der Waals surface area contributed by atoms with E-state index >= 15 is 0 Å². The van der Waals surface area contributed by atoms with Gasteiger partial charge in [0.05, 0.1) is 12.2 Å². The molecule has 4 aliphatic rings. The summed E-state index contributed by atoms with van der Waals surface area (Å²) in [5.74, 6) is 0.465. The highest BCUT2D eigenvalue weighted by Gasteiger charge is 2.62. The fraction of sp³-hybridized carbons (Fsp3) is 0.760. The number of Topliss-reactive ketones (excluding diaryl/α,β-unsaturated/α-hetero) is 1. The maximum atomic E-state index is 12.6. The topological polar surface area (TPSA) is 93.1 Å². The predicted octanol–water partition coefficient (Wildman–Crippen LogP) is 3.17. The Hall–Kier alpha value is -1.50. The molecule has 6 nitrogen and oxygen atoms in total. The zero-order chi connectivity index (χ0) is 22.6. The van der Waals surface area contributed by atoms with Crippen LogP contribution in [0.15, 0.2) is 23.5 Å². The van der Waals surface area contributed by atoms with Gasteiger partial charge in [-0.2, -0.15) is 0 Å². The molecular weight excluding hydrogens is 396 g/mol. The summed E-state index contributed by atoms with van der Waals surface area (Å²) in [5.41, 5.74) is 0.333. The van der Waals surface area contributed by atoms with E-state index in [9.17, 15) is 19.8 Å². The number of ketones is 2. The van der Waals surface area contributed by atoms with E-state index in [0.717, 1.165) is 31.3 Å². The third-order valence-electron chi connectivity index (χ3n) is 8.72. The normalized spacial score (nSPS) is 41.8. The second-order valence-corrected chi connectivity index (χ2v) is 10.7. The lowest BCUT2D eigenvalue weighted by atomic mass is 9.46. The minimum absolute atomic E-state index is 0.00910. The van der Waals surface area contributed by atoms with E-state index in [4.69, 9.17) is 9.47 Å². The molecule has 4 aliphatic carbocycles. The summed E-state index contributed by atoms with van der Waals surface area (Å²) in [7, 11) is 0. The van der Waals surface area contributed by atoms with Gasteiger partial charge in [-0.05, 0) is 75.4 Å². The lowest BCUT2D eigenvalue weighted by Gasteiger charge is -2.58. The molecule has 0 aliphatic heterocycles. The molecule has 31 heavy (non-hydrogen) atoms. The summed E-state index contributed by atoms with van der Waals surface area (Å²) >= 11 is 0. The Morgan fingerprint density at radius 3 is 2.68 bits per heavy atom. The Kier molecular flexibility index (Phi) is 5.95. The fourth-order valence-electron chi connectivity index (χ4n) is 7.38. The van der Waals surface area contributed by atoms with Crippen LogP contribution in [-0.2, 0) is 19.1 Å². The number of aliphatic hydroxyl groups excluding tert-OH is 2. The summed E-state index contributed by atoms with van der Waals surface area (Å²) in [6.07, 6.45) is 7.06. The first-order valence-electron chi connectivity index (χ1n) is 11.7. The molecule has 2 N–H and O–H groups in total. The van der Waals surface area contributed by atoms with Gasteiger partial charge in [0.25, 0.3) is 0 Å². The SMILES string of the molecule is CC(C)OCOC1=C[C@@]2(C)C(=CC1=O)CC[C@@H]1[C@@H]2[C@@H](O)C[C@]2(C)[C@@H](C(=O)CO)CC[C@@H]12. The number of allylic oxidation sites excluding steroid dienone is 3. The fourth-order valence-corrected chi connectivity index (χ4v) is 7.38. The van der Waals surface area contributed by atoms with Crippen molar-refractivity contribution in [1.82, 2.24) is 0 Å². The van der Waals surface area contributed by atoms with Crippen LogP contribution in [0.5, 0.6) is 0 Å². The Labute approximate surface area is 184 Å². The van der Waals surface area contributed by atoms with Gasteiger partial charge >= 0.3 is 0 Å². The van der Waals surface area contributed by atoms with E-state index in [0.29, 0.717) is 18.1 Å². The van der Waals surface area contributed by atoms with Crippen molar-refractivity contribution in [2.24, 2.45) is 34.5 Å². The van der Waals surface area contributed by atoms with Gasteiger partial charge in [-0.3, -0.25) is 9.59 Å². The van der Waals surface area contributed by atoms with Crippen molar-refractivity contribution in [3.63, 3.8) is 0 Å². The maximum Gasteiger partial charge on any atom is 0.220 e. The minimum Gasteiger partial charge on any atom is -0.464 e. The third kappa shape index (κ3) is 3.61. The highest BCUT2D eigenvalue weighted by molar-refractivity contribution is 6.04. The van der Waals surface area contributed by atoms with Crippen molar-refractivity contribution in [2.45, 2.75) is 72.0 Å². The Balaban J connectivity index is 1.64. The van der Waals surface area contributed by atoms with Crippen molar-refractivity contribution < 1.29 is 29.3 Å². The zero-order valence-electron chi connectivity index (χ0n) is 19.1. The van der Waals surface area contributed by atoms with E-state index in [1.807, 2.05) is 19.9 Å². The van der Waals surface area contributed by atoms with Gasteiger partial charge in [0.15, 0.2) is 18.3 Å². The molecule has 4 rings (SSSR count). The van der Waals surface area contributed by atoms with Gasteiger partial charge in [0.2, 0.25) is 5.78 Å². The Morgan fingerprint density at radius 2 is 2.00 bits per heavy atom. The van der Waals surface area contributed by atoms with Crippen LogP contribution in [0, 0.1) is 34.5 Å². The first kappa shape index (κ1) is 22.7. The van der Waals surface area contributed by atoms with Crippen molar-refractivity contribution in [3.05, 3.63) is 23.5 Å². The van der Waals surface area contributed by atoms with Crippen LogP contribution in [0.2, 0.25) is 0 Å². The van der Waals surface area contributed by atoms with Gasteiger partial charge < -0.3 is 19.7 Å². The van der Waals surface area contributed by atoms with Gasteiger partial charge in [-0.1, -0.05) is 19.4 Å². The molecule has 0 heterocycles. The van der Waals surface area contributed by atoms with Crippen LogP contribution >= 0.6 is 0 Å². The number of ether oxygens (including phenoxy) is 2. The van der Waals surface area contributed by atoms with Crippen molar-refractivity contribution in [1.29, 1.82) is 0 Å². The summed E-state index contributed by atoms with van der Waals surface area (Å²) < 4.78 is 11.2. The molecule has 0 bridgehead atoms. The zero-order valence-corrected chi connectivity index (χ0v) is 19.1. The standard InChI is InChI=1S/C25H36O6/c1-14(2)30-13-31-22-11-24(3)15(9-19(22)27)5-6-16-17-7-8-18(21(29)12-26)25(17,4)10-20(28)23(16)24/h9,11,14,16-18,20,23,26,28H,5-8,10,12-13H2,1-4H3/t16-,17-,18+,20-,23+,24-,25-/m0/s1. The molecule has 0 aromatic rings. The van der Waals surface area contributed by atoms with E-state index in [2.05, 4.69) is 13.8 Å². The number of hydrogen-bond donors (Lipinski definition) is 2. The smallest absolute Gasteiger partial charge is 0.220 e. The lowest BCUT2D eigenvalue weighted by molar-refractivity contribution is -0.142. The second-order valence-electron chi connectivity index (χ2n) is 10.7. The molecule has 0 unspecified atom stereocenters. The Morgan fingerprint density at radius 1 is 1.26 bits per heavy atom. The number of carbonyl (C=O) groups is 2. The van der Waals surface area contributed by atoms with Crippen molar-refractivity contribution >= 4 is 11.6 Å². The largest absolute Gasteiger partial charge is 0.464 e. The monoisotopic (exact) mass is 432 g/mol. The number of hydrogen-bond acceptors (Lipinski definition) is 6. The molecular formula is C25H36O6. The van der Waals surface area contributed by atoms with Crippen LogP contribution in [-0.4, -0.2) is 47.4 Å². The molecule has 0 radical (unpaired) electrons. The van der Waals surface area contributed by atoms with Gasteiger partial charge in [0, 0.05) is 17.3 Å². The van der Waals surface area contributed by atoms with Crippen LogP contribution in [0.25, 0.3) is 0 Å². The number of rotatable bonds is 6. The third-order valence-corrected chi connectivity index (χ3v) is 8.72. The van der Waals surface area contributed by atoms with Crippen molar-refractivity contribution in [3.8, 4) is 0 Å². The molecule has 7 atom stereocenters. The first-order valence-corrected chi connectivity index (χ1v) is 11.7. The van der Waals surface area contributed by atoms with E-state index in [1.165, 1.54) is 0 Å². The number of aliphatic hydroxyl groups is 2. The van der Waals surface area contributed by atoms with Crippen LogP contribution in [0.4, 0.5) is 0 Å². The van der Waals surface area contributed by atoms with E-state index in [1.54, 1.807) is 6.08 Å². The summed E-state index contributed by atoms with van der Waals surface area (Å²) in [4.78, 5) is 25.1. The molecule has 0 spiro atoms. The van der Waals surface area contributed by atoms with Gasteiger partial charge in [-0.15, -0.1) is 0 Å². The van der Waals surface area contributed by atoms with Crippen LogP contribution in [0.1, 0.15) is 59.8 Å². The molecule has 0 aromatic carbocycles.